The van der Waals surface area contributed by atoms with Gasteiger partial charge < -0.3 is 14.6 Å². The summed E-state index contributed by atoms with van der Waals surface area (Å²) >= 11 is 3.45. The lowest BCUT2D eigenvalue weighted by Gasteiger charge is -2.15. The minimum Gasteiger partial charge on any atom is -0.497 e. The van der Waals surface area contributed by atoms with Crippen molar-refractivity contribution in [2.45, 2.75) is 32.6 Å². The van der Waals surface area contributed by atoms with Crippen molar-refractivity contribution in [3.63, 3.8) is 0 Å². The van der Waals surface area contributed by atoms with E-state index in [0.717, 1.165) is 51.2 Å². The molecule has 3 rings (SSSR count). The van der Waals surface area contributed by atoms with Gasteiger partial charge in [-0.2, -0.15) is 0 Å². The zero-order chi connectivity index (χ0) is 22.4. The normalized spacial score (nSPS) is 10.7. The molecule has 0 saturated carbocycles. The molecule has 0 radical (unpaired) electrons. The zero-order valence-corrected chi connectivity index (χ0v) is 19.5. The summed E-state index contributed by atoms with van der Waals surface area (Å²) in [7, 11) is 3.24. The van der Waals surface area contributed by atoms with Crippen molar-refractivity contribution in [2.75, 3.05) is 14.2 Å². The van der Waals surface area contributed by atoms with Gasteiger partial charge in [-0.05, 0) is 66.8 Å². The average Bonchev–Trinajstić information content (AvgIpc) is 2.78. The van der Waals surface area contributed by atoms with Gasteiger partial charge in [-0.15, -0.1) is 0 Å². The Labute approximate surface area is 191 Å². The Kier molecular flexibility index (Phi) is 7.69. The lowest BCUT2D eigenvalue weighted by atomic mass is 9.96. The van der Waals surface area contributed by atoms with Crippen LogP contribution in [-0.4, -0.2) is 30.3 Å². The van der Waals surface area contributed by atoms with Crippen molar-refractivity contribution in [1.29, 1.82) is 0 Å². The number of aryl methyl sites for hydroxylation is 3. The van der Waals surface area contributed by atoms with Crippen LogP contribution < -0.4 is 9.47 Å². The van der Waals surface area contributed by atoms with Crippen LogP contribution in [-0.2, 0) is 19.3 Å². The number of benzene rings is 2. The molecule has 0 saturated heterocycles. The summed E-state index contributed by atoms with van der Waals surface area (Å²) in [6.07, 6.45) is 2.78. The number of methoxy groups -OCH3 is 2. The van der Waals surface area contributed by atoms with Crippen molar-refractivity contribution in [3.8, 4) is 22.6 Å². The summed E-state index contributed by atoms with van der Waals surface area (Å²) in [5.74, 6) is 0.513. The molecule has 0 aliphatic carbocycles. The second-order valence-electron chi connectivity index (χ2n) is 7.22. The van der Waals surface area contributed by atoms with Crippen LogP contribution in [0.3, 0.4) is 0 Å². The molecule has 0 fully saturated rings. The maximum atomic E-state index is 12.1. The van der Waals surface area contributed by atoms with Crippen LogP contribution in [0.2, 0.25) is 0 Å². The standard InChI is InChI=1S/C25H26BrNO4/c1-4-5-22-20(16-6-9-18(26)10-7-16)15-21(25(28)29)23(27-22)12-8-17-14-19(30-2)11-13-24(17)31-3/h6-7,9-11,13-15H,4-5,8,12H2,1-3H3,(H,28,29). The van der Waals surface area contributed by atoms with Crippen LogP contribution in [0.25, 0.3) is 11.1 Å². The molecule has 1 heterocycles. The van der Waals surface area contributed by atoms with Gasteiger partial charge in [0.25, 0.3) is 0 Å². The number of nitrogens with zero attached hydrogens (tertiary/aromatic N) is 1. The number of carboxylic acid groups (broad SMARTS) is 1. The molecule has 2 aromatic carbocycles. The quantitative estimate of drug-likeness (QED) is 0.406. The first kappa shape index (κ1) is 22.8. The molecule has 1 N–H and O–H groups in total. The summed E-state index contributed by atoms with van der Waals surface area (Å²) in [5, 5.41) is 9.89. The second kappa shape index (κ2) is 10.4. The first-order valence-corrected chi connectivity index (χ1v) is 11.0. The number of carbonyl (C=O) groups is 1. The molecule has 3 aromatic rings. The second-order valence-corrected chi connectivity index (χ2v) is 8.13. The Morgan fingerprint density at radius 3 is 2.32 bits per heavy atom. The number of hydrogen-bond donors (Lipinski definition) is 1. The molecule has 0 atom stereocenters. The first-order valence-electron chi connectivity index (χ1n) is 10.2. The Bertz CT molecular complexity index is 1060. The molecule has 0 spiro atoms. The van der Waals surface area contributed by atoms with E-state index in [2.05, 4.69) is 22.9 Å². The maximum Gasteiger partial charge on any atom is 0.337 e. The van der Waals surface area contributed by atoms with Crippen LogP contribution in [0.15, 0.2) is 53.0 Å². The maximum absolute atomic E-state index is 12.1. The van der Waals surface area contributed by atoms with Crippen LogP contribution in [0, 0.1) is 0 Å². The van der Waals surface area contributed by atoms with Crippen molar-refractivity contribution in [2.24, 2.45) is 0 Å². The Hall–Kier alpha value is -2.86. The van der Waals surface area contributed by atoms with Gasteiger partial charge in [0.1, 0.15) is 11.5 Å². The van der Waals surface area contributed by atoms with Crippen LogP contribution in [0.4, 0.5) is 0 Å². The molecular formula is C25H26BrNO4. The molecule has 0 amide bonds. The van der Waals surface area contributed by atoms with Gasteiger partial charge in [0.15, 0.2) is 0 Å². The summed E-state index contributed by atoms with van der Waals surface area (Å²) in [4.78, 5) is 16.9. The Balaban J connectivity index is 2.01. The third-order valence-corrected chi connectivity index (χ3v) is 5.70. The van der Waals surface area contributed by atoms with E-state index in [1.165, 1.54) is 0 Å². The van der Waals surface area contributed by atoms with E-state index in [-0.39, 0.29) is 5.56 Å². The molecule has 6 heteroatoms. The highest BCUT2D eigenvalue weighted by atomic mass is 79.9. The van der Waals surface area contributed by atoms with E-state index in [1.54, 1.807) is 20.3 Å². The highest BCUT2D eigenvalue weighted by Crippen LogP contribution is 2.30. The monoisotopic (exact) mass is 483 g/mol. The average molecular weight is 484 g/mol. The molecule has 31 heavy (non-hydrogen) atoms. The van der Waals surface area contributed by atoms with Gasteiger partial charge in [-0.25, -0.2) is 4.79 Å². The third kappa shape index (κ3) is 5.44. The summed E-state index contributed by atoms with van der Waals surface area (Å²) in [6, 6.07) is 15.3. The number of ether oxygens (including phenoxy) is 2. The molecule has 0 aliphatic rings. The topological polar surface area (TPSA) is 68.7 Å². The largest absolute Gasteiger partial charge is 0.497 e. The minimum absolute atomic E-state index is 0.236. The molecule has 0 aliphatic heterocycles. The molecule has 0 unspecified atom stereocenters. The zero-order valence-electron chi connectivity index (χ0n) is 17.9. The van der Waals surface area contributed by atoms with Gasteiger partial charge in [0.2, 0.25) is 0 Å². The van der Waals surface area contributed by atoms with E-state index >= 15 is 0 Å². The van der Waals surface area contributed by atoms with Gasteiger partial charge in [-0.1, -0.05) is 41.4 Å². The number of halogens is 1. The third-order valence-electron chi connectivity index (χ3n) is 5.17. The van der Waals surface area contributed by atoms with Gasteiger partial charge in [0.05, 0.1) is 25.5 Å². The summed E-state index contributed by atoms with van der Waals surface area (Å²) < 4.78 is 11.8. The number of aromatic nitrogens is 1. The van der Waals surface area contributed by atoms with Crippen LogP contribution >= 0.6 is 15.9 Å². The number of aromatic carboxylic acids is 1. The number of rotatable bonds is 9. The first-order chi connectivity index (χ1) is 15.0. The predicted octanol–water partition coefficient (Wildman–Crippen LogP) is 5.96. The smallest absolute Gasteiger partial charge is 0.337 e. The minimum atomic E-state index is -0.971. The van der Waals surface area contributed by atoms with Crippen LogP contribution in [0.1, 0.15) is 40.7 Å². The Morgan fingerprint density at radius 2 is 1.71 bits per heavy atom. The lowest BCUT2D eigenvalue weighted by molar-refractivity contribution is 0.0695. The molecule has 1 aromatic heterocycles. The van der Waals surface area contributed by atoms with Crippen molar-refractivity contribution in [1.82, 2.24) is 4.98 Å². The lowest BCUT2D eigenvalue weighted by Crippen LogP contribution is -2.10. The Morgan fingerprint density at radius 1 is 0.968 bits per heavy atom. The van der Waals surface area contributed by atoms with Crippen molar-refractivity contribution in [3.05, 3.63) is 75.5 Å². The fourth-order valence-electron chi connectivity index (χ4n) is 3.61. The van der Waals surface area contributed by atoms with E-state index in [1.807, 2.05) is 42.5 Å². The van der Waals surface area contributed by atoms with Crippen molar-refractivity contribution >= 4 is 21.9 Å². The SMILES string of the molecule is CCCc1nc(CCc2cc(OC)ccc2OC)c(C(=O)O)cc1-c1ccc(Br)cc1. The van der Waals surface area contributed by atoms with Gasteiger partial charge in [0, 0.05) is 15.7 Å². The number of hydrogen-bond acceptors (Lipinski definition) is 4. The predicted molar refractivity (Wildman–Crippen MR) is 125 cm³/mol. The molecule has 0 bridgehead atoms. The number of carboxylic acids is 1. The van der Waals surface area contributed by atoms with Crippen LogP contribution in [0.5, 0.6) is 11.5 Å². The highest BCUT2D eigenvalue weighted by Gasteiger charge is 2.18. The van der Waals surface area contributed by atoms with Gasteiger partial charge in [-0.3, -0.25) is 4.98 Å². The van der Waals surface area contributed by atoms with E-state index < -0.39 is 5.97 Å². The fraction of sp³-hybridized carbons (Fsp3) is 0.280. The summed E-state index contributed by atoms with van der Waals surface area (Å²) in [5.41, 5.74) is 4.52. The van der Waals surface area contributed by atoms with E-state index in [4.69, 9.17) is 14.5 Å². The van der Waals surface area contributed by atoms with E-state index in [9.17, 15) is 9.90 Å². The molecule has 162 valence electrons. The number of pyridine rings is 1. The van der Waals surface area contributed by atoms with E-state index in [0.29, 0.717) is 18.5 Å². The highest BCUT2D eigenvalue weighted by molar-refractivity contribution is 9.10. The van der Waals surface area contributed by atoms with Gasteiger partial charge >= 0.3 is 5.97 Å². The molecule has 5 nitrogen and oxygen atoms in total. The fourth-order valence-corrected chi connectivity index (χ4v) is 3.87. The summed E-state index contributed by atoms with van der Waals surface area (Å²) in [6.45, 7) is 2.10. The van der Waals surface area contributed by atoms with Crippen molar-refractivity contribution < 1.29 is 19.4 Å². The molecular weight excluding hydrogens is 458 g/mol.